The zero-order valence-corrected chi connectivity index (χ0v) is 13.6. The van der Waals surface area contributed by atoms with Gasteiger partial charge in [-0.3, -0.25) is 15.0 Å². The van der Waals surface area contributed by atoms with E-state index in [1.54, 1.807) is 0 Å². The smallest absolute Gasteiger partial charge is 0.321 e. The number of carbonyl (C=O) groups is 2. The zero-order valence-electron chi connectivity index (χ0n) is 12.8. The number of benzene rings is 1. The van der Waals surface area contributed by atoms with Gasteiger partial charge in [0.05, 0.1) is 6.54 Å². The third kappa shape index (κ3) is 4.43. The van der Waals surface area contributed by atoms with Gasteiger partial charge in [0.2, 0.25) is 5.91 Å². The average molecular weight is 337 g/mol. The number of rotatable bonds is 4. The SMILES string of the molecule is O=C(CN1CCNCC1c1ccccc1Cl)NC(=O)NC1CC1. The molecule has 3 amide bonds. The van der Waals surface area contributed by atoms with Crippen molar-refractivity contribution in [2.24, 2.45) is 0 Å². The van der Waals surface area contributed by atoms with Crippen LogP contribution in [-0.2, 0) is 4.79 Å². The summed E-state index contributed by atoms with van der Waals surface area (Å²) in [6.45, 7) is 2.44. The maximum Gasteiger partial charge on any atom is 0.321 e. The van der Waals surface area contributed by atoms with E-state index in [2.05, 4.69) is 20.9 Å². The second-order valence-electron chi connectivity index (χ2n) is 6.01. The normalized spacial score (nSPS) is 21.7. The quantitative estimate of drug-likeness (QED) is 0.774. The molecule has 1 aromatic rings. The fraction of sp³-hybridized carbons (Fsp3) is 0.500. The predicted molar refractivity (Wildman–Crippen MR) is 88.3 cm³/mol. The van der Waals surface area contributed by atoms with Crippen molar-refractivity contribution in [3.8, 4) is 0 Å². The van der Waals surface area contributed by atoms with E-state index in [0.29, 0.717) is 5.02 Å². The number of nitrogens with zero attached hydrogens (tertiary/aromatic N) is 1. The van der Waals surface area contributed by atoms with Gasteiger partial charge in [0, 0.05) is 36.7 Å². The molecule has 0 aromatic heterocycles. The first-order valence-corrected chi connectivity index (χ1v) is 8.31. The lowest BCUT2D eigenvalue weighted by atomic mass is 10.0. The van der Waals surface area contributed by atoms with E-state index in [-0.39, 0.29) is 24.5 Å². The fourth-order valence-corrected chi connectivity index (χ4v) is 3.05. The number of carbonyl (C=O) groups excluding carboxylic acids is 2. The lowest BCUT2D eigenvalue weighted by molar-refractivity contribution is -0.122. The van der Waals surface area contributed by atoms with Crippen LogP contribution in [0.2, 0.25) is 5.02 Å². The molecule has 2 fully saturated rings. The maximum atomic E-state index is 12.1. The molecular formula is C16H21ClN4O2. The van der Waals surface area contributed by atoms with E-state index in [9.17, 15) is 9.59 Å². The Balaban J connectivity index is 1.61. The molecule has 7 heteroatoms. The Hall–Kier alpha value is -1.63. The van der Waals surface area contributed by atoms with Crippen LogP contribution in [0.1, 0.15) is 24.4 Å². The first-order valence-electron chi connectivity index (χ1n) is 7.93. The summed E-state index contributed by atoms with van der Waals surface area (Å²) in [7, 11) is 0. The van der Waals surface area contributed by atoms with Gasteiger partial charge in [0.15, 0.2) is 0 Å². The number of imide groups is 1. The van der Waals surface area contributed by atoms with Gasteiger partial charge in [-0.15, -0.1) is 0 Å². The standard InChI is InChI=1S/C16H21ClN4O2/c17-13-4-2-1-3-12(13)14-9-18-7-8-21(14)10-15(22)20-16(23)19-11-5-6-11/h1-4,11,14,18H,5-10H2,(H2,19,20,22,23). The van der Waals surface area contributed by atoms with Crippen LogP contribution in [0.3, 0.4) is 0 Å². The van der Waals surface area contributed by atoms with E-state index >= 15 is 0 Å². The summed E-state index contributed by atoms with van der Waals surface area (Å²) in [5.41, 5.74) is 0.997. The molecule has 1 saturated carbocycles. The van der Waals surface area contributed by atoms with Crippen molar-refractivity contribution in [1.29, 1.82) is 0 Å². The highest BCUT2D eigenvalue weighted by Crippen LogP contribution is 2.28. The Kier molecular flexibility index (Phi) is 5.15. The molecule has 0 bridgehead atoms. The molecule has 1 aromatic carbocycles. The third-order valence-corrected chi connectivity index (χ3v) is 4.47. The molecular weight excluding hydrogens is 316 g/mol. The van der Waals surface area contributed by atoms with E-state index in [4.69, 9.17) is 11.6 Å². The van der Waals surface area contributed by atoms with Gasteiger partial charge in [0.1, 0.15) is 0 Å². The summed E-state index contributed by atoms with van der Waals surface area (Å²) < 4.78 is 0. The van der Waals surface area contributed by atoms with Crippen molar-refractivity contribution in [2.75, 3.05) is 26.2 Å². The number of piperazine rings is 1. The molecule has 1 heterocycles. The predicted octanol–water partition coefficient (Wildman–Crippen LogP) is 1.27. The minimum atomic E-state index is -0.401. The Bertz CT molecular complexity index is 591. The summed E-state index contributed by atoms with van der Waals surface area (Å²) >= 11 is 6.29. The number of hydrogen-bond acceptors (Lipinski definition) is 4. The highest BCUT2D eigenvalue weighted by Gasteiger charge is 2.28. The van der Waals surface area contributed by atoms with Crippen molar-refractivity contribution >= 4 is 23.5 Å². The molecule has 1 aliphatic heterocycles. The average Bonchev–Trinajstić information content (AvgIpc) is 3.32. The lowest BCUT2D eigenvalue weighted by Gasteiger charge is -2.36. The topological polar surface area (TPSA) is 73.5 Å². The summed E-state index contributed by atoms with van der Waals surface area (Å²) in [5.74, 6) is -0.290. The molecule has 1 aliphatic carbocycles. The highest BCUT2D eigenvalue weighted by molar-refractivity contribution is 6.31. The van der Waals surface area contributed by atoms with Crippen molar-refractivity contribution in [3.05, 3.63) is 34.9 Å². The van der Waals surface area contributed by atoms with Crippen LogP contribution in [0.15, 0.2) is 24.3 Å². The fourth-order valence-electron chi connectivity index (χ4n) is 2.79. The second-order valence-corrected chi connectivity index (χ2v) is 6.42. The third-order valence-electron chi connectivity index (χ3n) is 4.13. The van der Waals surface area contributed by atoms with Gasteiger partial charge in [-0.1, -0.05) is 29.8 Å². The van der Waals surface area contributed by atoms with E-state index < -0.39 is 6.03 Å². The molecule has 0 spiro atoms. The summed E-state index contributed by atoms with van der Waals surface area (Å²) in [6, 6.07) is 7.52. The van der Waals surface area contributed by atoms with Gasteiger partial charge < -0.3 is 10.6 Å². The highest BCUT2D eigenvalue weighted by atomic mass is 35.5. The Morgan fingerprint density at radius 1 is 1.30 bits per heavy atom. The molecule has 3 N–H and O–H groups in total. The number of halogens is 1. The van der Waals surface area contributed by atoms with Crippen molar-refractivity contribution in [1.82, 2.24) is 20.9 Å². The van der Waals surface area contributed by atoms with Crippen LogP contribution < -0.4 is 16.0 Å². The summed E-state index contributed by atoms with van der Waals surface area (Å²) in [4.78, 5) is 25.8. The number of urea groups is 1. The van der Waals surface area contributed by atoms with Gasteiger partial charge in [0.25, 0.3) is 0 Å². The van der Waals surface area contributed by atoms with Crippen LogP contribution >= 0.6 is 11.6 Å². The van der Waals surface area contributed by atoms with Crippen LogP contribution in [-0.4, -0.2) is 49.1 Å². The van der Waals surface area contributed by atoms with Crippen molar-refractivity contribution in [3.63, 3.8) is 0 Å². The van der Waals surface area contributed by atoms with Gasteiger partial charge in [-0.25, -0.2) is 4.79 Å². The number of hydrogen-bond donors (Lipinski definition) is 3. The van der Waals surface area contributed by atoms with E-state index in [0.717, 1.165) is 38.0 Å². The molecule has 23 heavy (non-hydrogen) atoms. The largest absolute Gasteiger partial charge is 0.335 e. The molecule has 1 atom stereocenters. The Morgan fingerprint density at radius 2 is 2.09 bits per heavy atom. The minimum Gasteiger partial charge on any atom is -0.335 e. The molecule has 2 aliphatic rings. The Morgan fingerprint density at radius 3 is 2.83 bits per heavy atom. The second kappa shape index (κ2) is 7.29. The number of amides is 3. The van der Waals surface area contributed by atoms with Crippen LogP contribution in [0.4, 0.5) is 4.79 Å². The van der Waals surface area contributed by atoms with Gasteiger partial charge in [-0.05, 0) is 24.5 Å². The Labute approximate surface area is 140 Å². The molecule has 124 valence electrons. The molecule has 3 rings (SSSR count). The summed E-state index contributed by atoms with van der Waals surface area (Å²) in [6.07, 6.45) is 1.99. The zero-order chi connectivity index (χ0) is 16.2. The van der Waals surface area contributed by atoms with Crippen molar-refractivity contribution in [2.45, 2.75) is 24.9 Å². The first-order chi connectivity index (χ1) is 11.1. The van der Waals surface area contributed by atoms with Crippen LogP contribution in [0, 0.1) is 0 Å². The van der Waals surface area contributed by atoms with E-state index in [1.807, 2.05) is 24.3 Å². The first kappa shape index (κ1) is 16.2. The lowest BCUT2D eigenvalue weighted by Crippen LogP contribution is -2.51. The monoisotopic (exact) mass is 336 g/mol. The number of nitrogens with one attached hydrogen (secondary N) is 3. The molecule has 6 nitrogen and oxygen atoms in total. The van der Waals surface area contributed by atoms with Gasteiger partial charge in [-0.2, -0.15) is 0 Å². The summed E-state index contributed by atoms with van der Waals surface area (Å²) in [5, 5.41) is 9.17. The van der Waals surface area contributed by atoms with Crippen LogP contribution in [0.25, 0.3) is 0 Å². The maximum absolute atomic E-state index is 12.1. The molecule has 0 radical (unpaired) electrons. The minimum absolute atomic E-state index is 0.0229. The van der Waals surface area contributed by atoms with E-state index in [1.165, 1.54) is 0 Å². The molecule has 1 saturated heterocycles. The van der Waals surface area contributed by atoms with Crippen molar-refractivity contribution < 1.29 is 9.59 Å². The van der Waals surface area contributed by atoms with Crippen LogP contribution in [0.5, 0.6) is 0 Å². The van der Waals surface area contributed by atoms with Gasteiger partial charge >= 0.3 is 6.03 Å². The molecule has 1 unspecified atom stereocenters.